The minimum Gasteiger partial charge on any atom is -0.327 e. The van der Waals surface area contributed by atoms with Gasteiger partial charge in [-0.05, 0) is 19.1 Å². The first-order valence-corrected chi connectivity index (χ1v) is 8.40. The molecule has 0 heterocycles. The van der Waals surface area contributed by atoms with Crippen LogP contribution in [0.4, 0.5) is 0 Å². The van der Waals surface area contributed by atoms with Crippen LogP contribution in [0.2, 0.25) is 0 Å². The summed E-state index contributed by atoms with van der Waals surface area (Å²) in [5, 5.41) is 0. The zero-order chi connectivity index (χ0) is 16.8. The molecular formula is C17H24NO3S+. The zero-order valence-corrected chi connectivity index (χ0v) is 14.3. The van der Waals surface area contributed by atoms with Gasteiger partial charge in [-0.3, -0.25) is 4.55 Å². The Kier molecular flexibility index (Phi) is 6.29. The average molecular weight is 322 g/mol. The number of aryl methyl sites for hydroxylation is 1. The van der Waals surface area contributed by atoms with E-state index < -0.39 is 10.1 Å². The molecular weight excluding hydrogens is 298 g/mol. The highest BCUT2D eigenvalue weighted by Gasteiger charge is 2.07. The van der Waals surface area contributed by atoms with Crippen molar-refractivity contribution in [3.8, 4) is 0 Å². The Morgan fingerprint density at radius 2 is 1.41 bits per heavy atom. The molecule has 2 aromatic rings. The van der Waals surface area contributed by atoms with Crippen LogP contribution in [0.15, 0.2) is 59.5 Å². The Morgan fingerprint density at radius 3 is 1.82 bits per heavy atom. The summed E-state index contributed by atoms with van der Waals surface area (Å²) in [6, 6.07) is 16.6. The summed E-state index contributed by atoms with van der Waals surface area (Å²) in [5.74, 6) is 0. The highest BCUT2D eigenvalue weighted by Crippen LogP contribution is 2.08. The second-order valence-corrected chi connectivity index (χ2v) is 7.64. The molecule has 2 aromatic carbocycles. The maximum Gasteiger partial charge on any atom is 0.294 e. The lowest BCUT2D eigenvalue weighted by Crippen LogP contribution is -2.33. The Bertz CT molecular complexity index is 672. The summed E-state index contributed by atoms with van der Waals surface area (Å²) in [7, 11) is 2.58. The summed E-state index contributed by atoms with van der Waals surface area (Å²) >= 11 is 0. The highest BCUT2D eigenvalue weighted by molar-refractivity contribution is 7.85. The van der Waals surface area contributed by atoms with E-state index in [1.807, 2.05) is 6.92 Å². The van der Waals surface area contributed by atoms with Gasteiger partial charge in [0.2, 0.25) is 0 Å². The van der Waals surface area contributed by atoms with Crippen molar-refractivity contribution < 1.29 is 17.5 Å². The molecule has 0 saturated heterocycles. The molecule has 0 aromatic heterocycles. The van der Waals surface area contributed by atoms with Crippen LogP contribution < -0.4 is 0 Å². The zero-order valence-electron chi connectivity index (χ0n) is 13.5. The molecule has 5 heteroatoms. The molecule has 4 nitrogen and oxygen atoms in total. The molecule has 0 aliphatic rings. The second-order valence-electron chi connectivity index (χ2n) is 6.22. The Hall–Kier alpha value is -1.69. The third-order valence-corrected chi connectivity index (χ3v) is 3.69. The Labute approximate surface area is 133 Å². The lowest BCUT2D eigenvalue weighted by molar-refractivity contribution is -0.884. The van der Waals surface area contributed by atoms with E-state index in [1.54, 1.807) is 12.1 Å². The molecule has 0 aliphatic heterocycles. The van der Waals surface area contributed by atoms with Crippen molar-refractivity contribution in [2.24, 2.45) is 0 Å². The van der Waals surface area contributed by atoms with Gasteiger partial charge in [-0.2, -0.15) is 8.42 Å². The van der Waals surface area contributed by atoms with E-state index in [0.29, 0.717) is 0 Å². The molecule has 0 spiro atoms. The largest absolute Gasteiger partial charge is 0.327 e. The van der Waals surface area contributed by atoms with E-state index in [1.165, 1.54) is 17.7 Å². The molecule has 0 amide bonds. The SMILES string of the molecule is C[N+](C)(C)Cc1ccccc1.Cc1ccc(S(=O)(=O)O)cc1. The van der Waals surface area contributed by atoms with Crippen LogP contribution in [0.3, 0.4) is 0 Å². The summed E-state index contributed by atoms with van der Waals surface area (Å²) in [6.45, 7) is 2.94. The van der Waals surface area contributed by atoms with Crippen molar-refractivity contribution >= 4 is 10.1 Å². The number of nitrogens with zero attached hydrogens (tertiary/aromatic N) is 1. The van der Waals surface area contributed by atoms with Gasteiger partial charge in [-0.15, -0.1) is 0 Å². The lowest BCUT2D eigenvalue weighted by atomic mass is 10.2. The number of benzene rings is 2. The molecule has 0 fully saturated rings. The van der Waals surface area contributed by atoms with Crippen LogP contribution in [0.25, 0.3) is 0 Å². The van der Waals surface area contributed by atoms with Crippen LogP contribution in [0.5, 0.6) is 0 Å². The normalized spacial score (nSPS) is 11.5. The van der Waals surface area contributed by atoms with E-state index >= 15 is 0 Å². The third kappa shape index (κ3) is 7.36. The van der Waals surface area contributed by atoms with Crippen LogP contribution in [-0.2, 0) is 16.7 Å². The first-order valence-electron chi connectivity index (χ1n) is 6.96. The average Bonchev–Trinajstić information content (AvgIpc) is 2.38. The summed E-state index contributed by atoms with van der Waals surface area (Å²) in [6.07, 6.45) is 0. The standard InChI is InChI=1S/C10H16N.C7H8O3S/c1-11(2,3)9-10-7-5-4-6-8-10;1-6-2-4-7(5-3-6)11(8,9)10/h4-8H,9H2,1-3H3;2-5H,1H3,(H,8,9,10)/q+1;. The van der Waals surface area contributed by atoms with E-state index in [9.17, 15) is 8.42 Å². The quantitative estimate of drug-likeness (QED) is 0.698. The predicted molar refractivity (Wildman–Crippen MR) is 89.2 cm³/mol. The van der Waals surface area contributed by atoms with Gasteiger partial charge >= 0.3 is 0 Å². The fraction of sp³-hybridized carbons (Fsp3) is 0.294. The number of quaternary nitrogens is 1. The minimum absolute atomic E-state index is 0.0666. The van der Waals surface area contributed by atoms with Crippen molar-refractivity contribution in [2.75, 3.05) is 21.1 Å². The maximum absolute atomic E-state index is 10.5. The topological polar surface area (TPSA) is 54.4 Å². The molecule has 0 atom stereocenters. The van der Waals surface area contributed by atoms with Gasteiger partial charge in [0.25, 0.3) is 10.1 Å². The smallest absolute Gasteiger partial charge is 0.294 e. The molecule has 1 N–H and O–H groups in total. The van der Waals surface area contributed by atoms with Crippen molar-refractivity contribution in [3.63, 3.8) is 0 Å². The van der Waals surface area contributed by atoms with Crippen molar-refractivity contribution in [2.45, 2.75) is 18.4 Å². The highest BCUT2D eigenvalue weighted by atomic mass is 32.2. The summed E-state index contributed by atoms with van der Waals surface area (Å²) in [4.78, 5) is -0.0666. The third-order valence-electron chi connectivity index (χ3n) is 2.82. The van der Waals surface area contributed by atoms with Gasteiger partial charge in [0.05, 0.1) is 26.0 Å². The lowest BCUT2D eigenvalue weighted by Gasteiger charge is -2.23. The van der Waals surface area contributed by atoms with E-state index in [2.05, 4.69) is 51.5 Å². The fourth-order valence-corrected chi connectivity index (χ4v) is 2.32. The molecule has 0 unspecified atom stereocenters. The van der Waals surface area contributed by atoms with Crippen molar-refractivity contribution in [1.29, 1.82) is 0 Å². The molecule has 2 rings (SSSR count). The number of rotatable bonds is 3. The first-order chi connectivity index (χ1) is 10.1. The van der Waals surface area contributed by atoms with E-state index in [4.69, 9.17) is 4.55 Å². The first kappa shape index (κ1) is 18.4. The van der Waals surface area contributed by atoms with Crippen LogP contribution in [0, 0.1) is 6.92 Å². The fourth-order valence-electron chi connectivity index (χ4n) is 1.84. The van der Waals surface area contributed by atoms with Gasteiger partial charge in [0.15, 0.2) is 0 Å². The van der Waals surface area contributed by atoms with Gasteiger partial charge < -0.3 is 4.48 Å². The van der Waals surface area contributed by atoms with Crippen LogP contribution >= 0.6 is 0 Å². The Balaban J connectivity index is 0.000000220. The molecule has 0 saturated carbocycles. The van der Waals surface area contributed by atoms with Gasteiger partial charge in [-0.25, -0.2) is 0 Å². The van der Waals surface area contributed by atoms with E-state index in [-0.39, 0.29) is 4.90 Å². The molecule has 120 valence electrons. The van der Waals surface area contributed by atoms with Gasteiger partial charge in [-0.1, -0.05) is 48.0 Å². The molecule has 22 heavy (non-hydrogen) atoms. The summed E-state index contributed by atoms with van der Waals surface area (Å²) in [5.41, 5.74) is 2.36. The molecule has 0 bridgehead atoms. The Morgan fingerprint density at radius 1 is 0.909 bits per heavy atom. The number of hydrogen-bond acceptors (Lipinski definition) is 2. The monoisotopic (exact) mass is 322 g/mol. The van der Waals surface area contributed by atoms with Crippen LogP contribution in [0.1, 0.15) is 11.1 Å². The van der Waals surface area contributed by atoms with Gasteiger partial charge in [0, 0.05) is 5.56 Å². The summed E-state index contributed by atoms with van der Waals surface area (Å²) < 4.78 is 30.5. The minimum atomic E-state index is -4.02. The van der Waals surface area contributed by atoms with Crippen LogP contribution in [-0.4, -0.2) is 38.6 Å². The second kappa shape index (κ2) is 7.54. The maximum atomic E-state index is 10.5. The van der Waals surface area contributed by atoms with Crippen molar-refractivity contribution in [3.05, 3.63) is 65.7 Å². The van der Waals surface area contributed by atoms with Gasteiger partial charge in [0.1, 0.15) is 6.54 Å². The molecule has 0 aliphatic carbocycles. The predicted octanol–water partition coefficient (Wildman–Crippen LogP) is 3.13. The number of hydrogen-bond donors (Lipinski definition) is 1. The van der Waals surface area contributed by atoms with E-state index in [0.717, 1.165) is 16.6 Å². The molecule has 0 radical (unpaired) electrons. The van der Waals surface area contributed by atoms with Crippen molar-refractivity contribution in [1.82, 2.24) is 0 Å².